The van der Waals surface area contributed by atoms with Crippen LogP contribution in [0.1, 0.15) is 97.2 Å². The number of hydrogen-bond donors (Lipinski definition) is 0. The van der Waals surface area contributed by atoms with E-state index in [0.29, 0.717) is 0 Å². The van der Waals surface area contributed by atoms with Crippen LogP contribution >= 0.6 is 0 Å². The molecule has 0 saturated heterocycles. The molecular formula is C70H55NO2. The summed E-state index contributed by atoms with van der Waals surface area (Å²) in [6, 6.07) is 83.3. The average Bonchev–Trinajstić information content (AvgIpc) is 3.86. The zero-order valence-electron chi connectivity index (χ0n) is 42.1. The summed E-state index contributed by atoms with van der Waals surface area (Å²) in [5, 5.41) is 0. The molecule has 0 aromatic heterocycles. The molecule has 0 unspecified atom stereocenters. The van der Waals surface area contributed by atoms with Gasteiger partial charge in [-0.25, -0.2) is 0 Å². The van der Waals surface area contributed by atoms with Crippen molar-refractivity contribution in [2.24, 2.45) is 0 Å². The molecule has 2 spiro atoms. The van der Waals surface area contributed by atoms with Crippen LogP contribution in [-0.2, 0) is 21.7 Å². The lowest BCUT2D eigenvalue weighted by Gasteiger charge is -2.41. The van der Waals surface area contributed by atoms with E-state index in [2.05, 4.69) is 271 Å². The van der Waals surface area contributed by atoms with E-state index in [0.717, 1.165) is 62.3 Å². The topological polar surface area (TPSA) is 21.7 Å². The monoisotopic (exact) mass is 941 g/mol. The number of hydrogen-bond acceptors (Lipinski definition) is 3. The fourth-order valence-electron chi connectivity index (χ4n) is 12.9. The van der Waals surface area contributed by atoms with Crippen LogP contribution in [0.3, 0.4) is 0 Å². The third kappa shape index (κ3) is 6.12. The summed E-state index contributed by atoms with van der Waals surface area (Å²) < 4.78 is 13.7. The first-order valence-electron chi connectivity index (χ1n) is 25.7. The van der Waals surface area contributed by atoms with Gasteiger partial charge in [0.15, 0.2) is 0 Å². The molecule has 0 saturated carbocycles. The van der Waals surface area contributed by atoms with E-state index in [-0.39, 0.29) is 10.8 Å². The van der Waals surface area contributed by atoms with E-state index < -0.39 is 10.8 Å². The van der Waals surface area contributed by atoms with E-state index in [4.69, 9.17) is 9.47 Å². The maximum atomic E-state index is 7.03. The SMILES string of the molecule is CC(C)(C)c1ccc2c(c1)C1(c3cc(C(C)(C)C)ccc3O2)c2ccccc2-c2ccc(N(c3ccccc3)c3ccccc3-c3ccc4c(c3)C3(c5ccccc5Oc5ccccc53)c3ccccc3-4)cc21. The van der Waals surface area contributed by atoms with Gasteiger partial charge in [-0.2, -0.15) is 0 Å². The number of para-hydroxylation sites is 4. The van der Waals surface area contributed by atoms with Crippen LogP contribution in [0, 0.1) is 0 Å². The fourth-order valence-corrected chi connectivity index (χ4v) is 12.9. The smallest absolute Gasteiger partial charge is 0.132 e. The van der Waals surface area contributed by atoms with Crippen molar-refractivity contribution in [3.05, 3.63) is 280 Å². The summed E-state index contributed by atoms with van der Waals surface area (Å²) in [6.07, 6.45) is 0. The Hall–Kier alpha value is -8.40. The molecule has 14 rings (SSSR count). The standard InChI is InChI=1S/C70H55NO2/c1-67(2,3)45-33-38-65-60(41-45)70(61-42-46(68(4,5)6)34-39-66(61)73-65)55-26-14-11-24-51(55)53-37-35-48(43-59(53)70)71(47-20-8-7-9-21-47)62-29-17-12-22-49(62)44-32-36-52-50-23-10-13-25-54(50)69(58(52)40-44)56-27-15-18-30-63(56)72-64-31-19-16-28-57(64)69/h7-43H,1-6H3. The Balaban J connectivity index is 1.02. The first kappa shape index (κ1) is 43.4. The lowest BCUT2D eigenvalue weighted by Crippen LogP contribution is -2.33. The van der Waals surface area contributed by atoms with Gasteiger partial charge in [0.2, 0.25) is 0 Å². The van der Waals surface area contributed by atoms with Crippen molar-refractivity contribution in [2.45, 2.75) is 63.2 Å². The third-order valence-electron chi connectivity index (χ3n) is 16.3. The van der Waals surface area contributed by atoms with Gasteiger partial charge in [-0.05, 0) is 145 Å². The van der Waals surface area contributed by atoms with Crippen LogP contribution in [0.15, 0.2) is 224 Å². The van der Waals surface area contributed by atoms with Crippen molar-refractivity contribution in [3.8, 4) is 56.4 Å². The molecule has 10 aromatic rings. The Morgan fingerprint density at radius 3 is 1.29 bits per heavy atom. The van der Waals surface area contributed by atoms with Crippen LogP contribution < -0.4 is 14.4 Å². The summed E-state index contributed by atoms with van der Waals surface area (Å²) >= 11 is 0. The average molecular weight is 942 g/mol. The molecule has 0 bridgehead atoms. The third-order valence-corrected chi connectivity index (χ3v) is 16.3. The fraction of sp³-hybridized carbons (Fsp3) is 0.143. The molecule has 73 heavy (non-hydrogen) atoms. The van der Waals surface area contributed by atoms with Crippen LogP contribution in [-0.4, -0.2) is 0 Å². The highest BCUT2D eigenvalue weighted by Crippen LogP contribution is 2.65. The summed E-state index contributed by atoms with van der Waals surface area (Å²) in [4.78, 5) is 2.47. The highest BCUT2D eigenvalue weighted by molar-refractivity contribution is 5.96. The number of nitrogens with zero attached hydrogens (tertiary/aromatic N) is 1. The second-order valence-corrected chi connectivity index (χ2v) is 22.4. The minimum Gasteiger partial charge on any atom is -0.457 e. The number of fused-ring (bicyclic) bond motifs is 18. The van der Waals surface area contributed by atoms with Gasteiger partial charge in [0.05, 0.1) is 16.5 Å². The zero-order chi connectivity index (χ0) is 49.4. The Bertz CT molecular complexity index is 3790. The summed E-state index contributed by atoms with van der Waals surface area (Å²) in [7, 11) is 0. The molecule has 3 nitrogen and oxygen atoms in total. The number of anilines is 3. The summed E-state index contributed by atoms with van der Waals surface area (Å²) in [5.41, 5.74) is 21.4. The largest absolute Gasteiger partial charge is 0.457 e. The summed E-state index contributed by atoms with van der Waals surface area (Å²) in [5.74, 6) is 3.57. The van der Waals surface area contributed by atoms with Crippen molar-refractivity contribution in [3.63, 3.8) is 0 Å². The summed E-state index contributed by atoms with van der Waals surface area (Å²) in [6.45, 7) is 13.8. The molecule has 0 radical (unpaired) electrons. The molecule has 0 amide bonds. The number of ether oxygens (including phenoxy) is 2. The van der Waals surface area contributed by atoms with Gasteiger partial charge >= 0.3 is 0 Å². The highest BCUT2D eigenvalue weighted by atomic mass is 16.5. The van der Waals surface area contributed by atoms with Gasteiger partial charge in [-0.1, -0.05) is 193 Å². The molecule has 4 aliphatic rings. The van der Waals surface area contributed by atoms with Crippen LogP contribution in [0.4, 0.5) is 17.1 Å². The van der Waals surface area contributed by atoms with Gasteiger partial charge in [0.1, 0.15) is 23.0 Å². The maximum Gasteiger partial charge on any atom is 0.132 e. The van der Waals surface area contributed by atoms with Gasteiger partial charge in [-0.3, -0.25) is 0 Å². The molecule has 10 aromatic carbocycles. The quantitative estimate of drug-likeness (QED) is 0.175. The van der Waals surface area contributed by atoms with Crippen LogP contribution in [0.25, 0.3) is 33.4 Å². The number of benzene rings is 10. The molecule has 0 fully saturated rings. The Morgan fingerprint density at radius 2 is 0.726 bits per heavy atom. The molecule has 0 N–H and O–H groups in total. The molecule has 0 atom stereocenters. The van der Waals surface area contributed by atoms with Crippen LogP contribution in [0.5, 0.6) is 23.0 Å². The Kier molecular flexibility index (Phi) is 9.24. The Morgan fingerprint density at radius 1 is 0.301 bits per heavy atom. The lowest BCUT2D eigenvalue weighted by atomic mass is 9.64. The van der Waals surface area contributed by atoms with E-state index in [1.165, 1.54) is 66.8 Å². The molecule has 2 aliphatic carbocycles. The molecular weight excluding hydrogens is 887 g/mol. The lowest BCUT2D eigenvalue weighted by molar-refractivity contribution is 0.433. The second-order valence-electron chi connectivity index (χ2n) is 22.4. The van der Waals surface area contributed by atoms with E-state index in [1.807, 2.05) is 0 Å². The van der Waals surface area contributed by atoms with Gasteiger partial charge in [-0.15, -0.1) is 0 Å². The minimum absolute atomic E-state index is 0.0854. The van der Waals surface area contributed by atoms with Crippen molar-refractivity contribution in [2.75, 3.05) is 4.90 Å². The van der Waals surface area contributed by atoms with Gasteiger partial charge in [0.25, 0.3) is 0 Å². The van der Waals surface area contributed by atoms with Crippen molar-refractivity contribution in [1.29, 1.82) is 0 Å². The molecule has 2 heterocycles. The van der Waals surface area contributed by atoms with E-state index >= 15 is 0 Å². The van der Waals surface area contributed by atoms with Gasteiger partial charge in [0, 0.05) is 39.2 Å². The van der Waals surface area contributed by atoms with Crippen molar-refractivity contribution in [1.82, 2.24) is 0 Å². The zero-order valence-corrected chi connectivity index (χ0v) is 42.1. The maximum absolute atomic E-state index is 7.03. The van der Waals surface area contributed by atoms with Gasteiger partial charge < -0.3 is 14.4 Å². The second kappa shape index (κ2) is 15.6. The van der Waals surface area contributed by atoms with E-state index in [9.17, 15) is 0 Å². The van der Waals surface area contributed by atoms with Crippen molar-refractivity contribution >= 4 is 17.1 Å². The predicted molar refractivity (Wildman–Crippen MR) is 299 cm³/mol. The highest BCUT2D eigenvalue weighted by Gasteiger charge is 2.53. The van der Waals surface area contributed by atoms with Crippen LogP contribution in [0.2, 0.25) is 0 Å². The number of rotatable bonds is 4. The molecule has 352 valence electrons. The first-order chi connectivity index (χ1) is 35.5. The minimum atomic E-state index is -0.672. The molecule has 3 heteroatoms. The predicted octanol–water partition coefficient (Wildman–Crippen LogP) is 18.4. The Labute approximate surface area is 429 Å². The normalized spacial score (nSPS) is 14.6. The van der Waals surface area contributed by atoms with E-state index in [1.54, 1.807) is 0 Å². The molecule has 2 aliphatic heterocycles. The first-order valence-corrected chi connectivity index (χ1v) is 25.7. The van der Waals surface area contributed by atoms with Crippen molar-refractivity contribution < 1.29 is 9.47 Å².